The van der Waals surface area contributed by atoms with E-state index in [-0.39, 0.29) is 29.9 Å². The molecule has 0 aromatic heterocycles. The molecule has 35 heavy (non-hydrogen) atoms. The van der Waals surface area contributed by atoms with Gasteiger partial charge in [-0.15, -0.1) is 0 Å². The van der Waals surface area contributed by atoms with Crippen LogP contribution in [0.3, 0.4) is 0 Å². The summed E-state index contributed by atoms with van der Waals surface area (Å²) in [6.45, 7) is 7.53. The minimum Gasteiger partial charge on any atom is -0.484 e. The number of anilines is 1. The molecule has 0 bridgehead atoms. The van der Waals surface area contributed by atoms with Crippen LogP contribution in [0.5, 0.6) is 5.75 Å². The Kier molecular flexibility index (Phi) is 8.31. The SMILES string of the molecule is CC(C)N1C[C@H](CN(C)Cc2ccc(Cl)cc2)Oc2c(NC(=O)C3CCNCC3)cccc2C1=O. The molecule has 2 aromatic carbocycles. The number of carbonyl (C=O) groups excluding carboxylic acids is 2. The molecule has 2 heterocycles. The zero-order valence-corrected chi connectivity index (χ0v) is 21.5. The van der Waals surface area contributed by atoms with E-state index in [1.54, 1.807) is 6.07 Å². The Balaban J connectivity index is 1.55. The van der Waals surface area contributed by atoms with Crippen LogP contribution in [0.2, 0.25) is 5.02 Å². The van der Waals surface area contributed by atoms with Crippen LogP contribution < -0.4 is 15.4 Å². The van der Waals surface area contributed by atoms with Crippen LogP contribution in [0.4, 0.5) is 5.69 Å². The number of amides is 2. The van der Waals surface area contributed by atoms with Gasteiger partial charge >= 0.3 is 0 Å². The first-order valence-corrected chi connectivity index (χ1v) is 12.7. The van der Waals surface area contributed by atoms with Crippen molar-refractivity contribution in [2.45, 2.75) is 45.4 Å². The number of hydrogen-bond acceptors (Lipinski definition) is 5. The van der Waals surface area contributed by atoms with Crippen molar-refractivity contribution in [2.75, 3.05) is 38.5 Å². The fourth-order valence-electron chi connectivity index (χ4n) is 4.76. The van der Waals surface area contributed by atoms with E-state index in [9.17, 15) is 9.59 Å². The van der Waals surface area contributed by atoms with Crippen LogP contribution in [0.1, 0.15) is 42.6 Å². The largest absolute Gasteiger partial charge is 0.484 e. The Morgan fingerprint density at radius 3 is 2.60 bits per heavy atom. The fraction of sp³-hybridized carbons (Fsp3) is 0.481. The topological polar surface area (TPSA) is 73.9 Å². The predicted molar refractivity (Wildman–Crippen MR) is 139 cm³/mol. The highest BCUT2D eigenvalue weighted by Gasteiger charge is 2.33. The summed E-state index contributed by atoms with van der Waals surface area (Å²) in [4.78, 5) is 30.5. The lowest BCUT2D eigenvalue weighted by Gasteiger charge is -2.30. The number of likely N-dealkylation sites (N-methyl/N-ethyl adjacent to an activating group) is 1. The number of nitrogens with zero attached hydrogens (tertiary/aromatic N) is 2. The van der Waals surface area contributed by atoms with Crippen LogP contribution in [-0.2, 0) is 11.3 Å². The first-order chi connectivity index (χ1) is 16.8. The molecular formula is C27H35ClN4O3. The van der Waals surface area contributed by atoms with E-state index in [4.69, 9.17) is 16.3 Å². The molecule has 0 radical (unpaired) electrons. The molecular weight excluding hydrogens is 464 g/mol. The quantitative estimate of drug-likeness (QED) is 0.603. The van der Waals surface area contributed by atoms with Crippen LogP contribution >= 0.6 is 11.6 Å². The molecule has 2 amide bonds. The van der Waals surface area contributed by atoms with Crippen molar-refractivity contribution in [1.82, 2.24) is 15.1 Å². The molecule has 0 saturated carbocycles. The highest BCUT2D eigenvalue weighted by Crippen LogP contribution is 2.34. The zero-order chi connectivity index (χ0) is 24.9. The molecule has 1 fully saturated rings. The van der Waals surface area contributed by atoms with Crippen molar-refractivity contribution in [3.63, 3.8) is 0 Å². The standard InChI is InChI=1S/C27H35ClN4O3/c1-18(2)32-17-22(16-31(3)15-19-7-9-21(28)10-8-19)35-25-23(27(32)34)5-4-6-24(25)30-26(33)20-11-13-29-14-12-20/h4-10,18,20,22,29H,11-17H2,1-3H3,(H,30,33)/t22-/m0/s1. The highest BCUT2D eigenvalue weighted by molar-refractivity contribution is 6.30. The predicted octanol–water partition coefficient (Wildman–Crippen LogP) is 4.02. The van der Waals surface area contributed by atoms with Gasteiger partial charge in [0.05, 0.1) is 17.8 Å². The first-order valence-electron chi connectivity index (χ1n) is 12.4. The Bertz CT molecular complexity index is 1040. The number of piperidine rings is 1. The second kappa shape index (κ2) is 11.4. The third-order valence-electron chi connectivity index (χ3n) is 6.66. The van der Waals surface area contributed by atoms with Crippen molar-refractivity contribution < 1.29 is 14.3 Å². The van der Waals surface area contributed by atoms with E-state index in [1.807, 2.05) is 62.2 Å². The van der Waals surface area contributed by atoms with Gasteiger partial charge in [0.25, 0.3) is 5.91 Å². The number of benzene rings is 2. The fourth-order valence-corrected chi connectivity index (χ4v) is 4.89. The number of rotatable bonds is 7. The highest BCUT2D eigenvalue weighted by atomic mass is 35.5. The van der Waals surface area contributed by atoms with E-state index in [0.29, 0.717) is 35.1 Å². The van der Waals surface area contributed by atoms with Crippen molar-refractivity contribution in [1.29, 1.82) is 0 Å². The van der Waals surface area contributed by atoms with Crippen LogP contribution in [0, 0.1) is 5.92 Å². The number of fused-ring (bicyclic) bond motifs is 1. The average Bonchev–Trinajstić information content (AvgIpc) is 2.98. The van der Waals surface area contributed by atoms with E-state index in [1.165, 1.54) is 0 Å². The maximum Gasteiger partial charge on any atom is 0.258 e. The zero-order valence-electron chi connectivity index (χ0n) is 20.7. The van der Waals surface area contributed by atoms with Crippen molar-refractivity contribution >= 4 is 29.1 Å². The Morgan fingerprint density at radius 1 is 1.20 bits per heavy atom. The van der Waals surface area contributed by atoms with E-state index in [2.05, 4.69) is 15.5 Å². The van der Waals surface area contributed by atoms with Gasteiger partial charge in [-0.2, -0.15) is 0 Å². The smallest absolute Gasteiger partial charge is 0.258 e. The lowest BCUT2D eigenvalue weighted by atomic mass is 9.97. The average molecular weight is 499 g/mol. The summed E-state index contributed by atoms with van der Waals surface area (Å²) < 4.78 is 6.50. The van der Waals surface area contributed by atoms with Crippen molar-refractivity contribution in [2.24, 2.45) is 5.92 Å². The van der Waals surface area contributed by atoms with Crippen LogP contribution in [0.15, 0.2) is 42.5 Å². The Labute approximate surface area is 212 Å². The molecule has 4 rings (SSSR count). The third-order valence-corrected chi connectivity index (χ3v) is 6.92. The Morgan fingerprint density at radius 2 is 1.91 bits per heavy atom. The van der Waals surface area contributed by atoms with Gasteiger partial charge in [0, 0.05) is 30.1 Å². The van der Waals surface area contributed by atoms with Crippen LogP contribution in [0.25, 0.3) is 0 Å². The minimum absolute atomic E-state index is 0.0164. The van der Waals surface area contributed by atoms with Gasteiger partial charge in [0.2, 0.25) is 5.91 Å². The monoisotopic (exact) mass is 498 g/mol. The molecule has 2 aromatic rings. The van der Waals surface area contributed by atoms with Gasteiger partial charge in [-0.05, 0) is 76.7 Å². The number of hydrogen-bond donors (Lipinski definition) is 2. The molecule has 0 aliphatic carbocycles. The van der Waals surface area contributed by atoms with Crippen molar-refractivity contribution in [3.8, 4) is 5.75 Å². The molecule has 1 saturated heterocycles. The summed E-state index contributed by atoms with van der Waals surface area (Å²) in [6.07, 6.45) is 1.36. The summed E-state index contributed by atoms with van der Waals surface area (Å²) >= 11 is 6.03. The number of ether oxygens (including phenoxy) is 1. The molecule has 2 N–H and O–H groups in total. The molecule has 2 aliphatic heterocycles. The lowest BCUT2D eigenvalue weighted by molar-refractivity contribution is -0.120. The van der Waals surface area contributed by atoms with E-state index in [0.717, 1.165) is 38.0 Å². The number of halogens is 1. The molecule has 0 unspecified atom stereocenters. The van der Waals surface area contributed by atoms with Gasteiger partial charge in [0.1, 0.15) is 6.10 Å². The van der Waals surface area contributed by atoms with Crippen molar-refractivity contribution in [3.05, 3.63) is 58.6 Å². The summed E-state index contributed by atoms with van der Waals surface area (Å²) in [5.41, 5.74) is 2.21. The maximum atomic E-state index is 13.5. The lowest BCUT2D eigenvalue weighted by Crippen LogP contribution is -2.45. The van der Waals surface area contributed by atoms with Gasteiger partial charge in [0.15, 0.2) is 5.75 Å². The number of carbonyl (C=O) groups is 2. The third kappa shape index (κ3) is 6.34. The molecule has 7 nitrogen and oxygen atoms in total. The Hall–Kier alpha value is -2.61. The van der Waals surface area contributed by atoms with E-state index < -0.39 is 0 Å². The second-order valence-corrected chi connectivity index (χ2v) is 10.2. The maximum absolute atomic E-state index is 13.5. The minimum atomic E-state index is -0.253. The molecule has 0 spiro atoms. The first kappa shape index (κ1) is 25.5. The van der Waals surface area contributed by atoms with Gasteiger partial charge in [-0.3, -0.25) is 14.5 Å². The molecule has 2 aliphatic rings. The van der Waals surface area contributed by atoms with E-state index >= 15 is 0 Å². The summed E-state index contributed by atoms with van der Waals surface area (Å²) in [6, 6.07) is 13.2. The number of nitrogens with one attached hydrogen (secondary N) is 2. The molecule has 188 valence electrons. The normalized spacial score (nSPS) is 18.9. The van der Waals surface area contributed by atoms with Gasteiger partial charge in [-0.25, -0.2) is 0 Å². The molecule has 1 atom stereocenters. The summed E-state index contributed by atoms with van der Waals surface area (Å²) in [5, 5.41) is 7.07. The van der Waals surface area contributed by atoms with Gasteiger partial charge < -0.3 is 20.3 Å². The summed E-state index contributed by atoms with van der Waals surface area (Å²) in [5.74, 6) is 0.336. The van der Waals surface area contributed by atoms with Crippen LogP contribution in [-0.4, -0.2) is 67.0 Å². The second-order valence-electron chi connectivity index (χ2n) is 9.81. The number of para-hydroxylation sites is 1. The molecule has 8 heteroatoms. The summed E-state index contributed by atoms with van der Waals surface area (Å²) in [7, 11) is 2.04. The van der Waals surface area contributed by atoms with Gasteiger partial charge in [-0.1, -0.05) is 29.8 Å².